The number of hydrogen-bond acceptors (Lipinski definition) is 10. The Morgan fingerprint density at radius 3 is 2.54 bits per heavy atom. The van der Waals surface area contributed by atoms with E-state index in [1.54, 1.807) is 13.8 Å². The van der Waals surface area contributed by atoms with E-state index in [2.05, 4.69) is 46.9 Å². The molecule has 3 heterocycles. The van der Waals surface area contributed by atoms with Crippen LogP contribution < -0.4 is 10.9 Å². The number of sulfone groups is 1. The molecule has 0 bridgehead atoms. The van der Waals surface area contributed by atoms with Gasteiger partial charge in [0.1, 0.15) is 17.7 Å². The van der Waals surface area contributed by atoms with Gasteiger partial charge in [-0.25, -0.2) is 52.1 Å². The van der Waals surface area contributed by atoms with Crippen LogP contribution in [0.15, 0.2) is 32.2 Å². The molecule has 218 valence electrons. The molecule has 0 saturated heterocycles. The number of hydrogen-bond donors (Lipinski definition) is 1. The molecule has 1 N–H and O–H groups in total. The molecular weight excluding hydrogens is 556 g/mol. The molecule has 0 aromatic carbocycles. The Kier molecular flexibility index (Phi) is 8.66. The van der Waals surface area contributed by atoms with Crippen molar-refractivity contribution in [1.29, 1.82) is 0 Å². The Morgan fingerprint density at radius 2 is 1.93 bits per heavy atom. The second kappa shape index (κ2) is 11.8. The summed E-state index contributed by atoms with van der Waals surface area (Å²) in [4.78, 5) is 43.6. The van der Waals surface area contributed by atoms with E-state index in [-0.39, 0.29) is 51.8 Å². The number of allylic oxidation sites excluding steroid dienone is 1. The van der Waals surface area contributed by atoms with E-state index < -0.39 is 27.9 Å². The summed E-state index contributed by atoms with van der Waals surface area (Å²) in [6.07, 6.45) is 1.67. The van der Waals surface area contributed by atoms with E-state index in [4.69, 9.17) is 0 Å². The lowest BCUT2D eigenvalue weighted by molar-refractivity contribution is 0.0916. The molecule has 12 nitrogen and oxygen atoms in total. The van der Waals surface area contributed by atoms with Gasteiger partial charge in [0.2, 0.25) is 0 Å². The van der Waals surface area contributed by atoms with Gasteiger partial charge in [-0.15, -0.1) is 0 Å². The number of aromatic nitrogens is 6. The van der Waals surface area contributed by atoms with Crippen molar-refractivity contribution in [3.8, 4) is 11.4 Å². The van der Waals surface area contributed by atoms with Gasteiger partial charge >= 0.3 is 0 Å². The first kappa shape index (κ1) is 30.0. The predicted molar refractivity (Wildman–Crippen MR) is 153 cm³/mol. The SMILES string of the molecule is C=N/C(CNc1nc2c(C)nc(-c3c(C)ncnc3C3CC3)nc2n(C(C)C(F)F)c1=O)=N\C=C(/C)S(=O)(=O)CC. The van der Waals surface area contributed by atoms with Crippen molar-refractivity contribution in [3.63, 3.8) is 0 Å². The summed E-state index contributed by atoms with van der Waals surface area (Å²) in [5.74, 6) is 0.196. The van der Waals surface area contributed by atoms with Crippen molar-refractivity contribution in [2.75, 3.05) is 17.6 Å². The number of nitrogens with zero attached hydrogens (tertiary/aromatic N) is 8. The largest absolute Gasteiger partial charge is 0.358 e. The third-order valence-electron chi connectivity index (χ3n) is 6.80. The molecule has 1 unspecified atom stereocenters. The molecule has 1 atom stereocenters. The van der Waals surface area contributed by atoms with Gasteiger partial charge in [0.05, 0.1) is 45.9 Å². The number of amidine groups is 1. The second-order valence-corrected chi connectivity index (χ2v) is 12.2. The van der Waals surface area contributed by atoms with Gasteiger partial charge in [-0.3, -0.25) is 9.36 Å². The quantitative estimate of drug-likeness (QED) is 0.275. The minimum absolute atomic E-state index is 0.0329. The molecule has 0 amide bonds. The van der Waals surface area contributed by atoms with Crippen molar-refractivity contribution >= 4 is 39.4 Å². The molecule has 3 aromatic heterocycles. The van der Waals surface area contributed by atoms with Crippen molar-refractivity contribution in [1.82, 2.24) is 29.5 Å². The first-order chi connectivity index (χ1) is 19.4. The minimum atomic E-state index is -3.45. The monoisotopic (exact) mass is 587 g/mol. The lowest BCUT2D eigenvalue weighted by Crippen LogP contribution is -2.32. The van der Waals surface area contributed by atoms with Crippen molar-refractivity contribution in [2.24, 2.45) is 9.98 Å². The number of halogens is 2. The minimum Gasteiger partial charge on any atom is -0.358 e. The van der Waals surface area contributed by atoms with E-state index in [9.17, 15) is 22.0 Å². The maximum Gasteiger partial charge on any atom is 0.295 e. The topological polar surface area (TPSA) is 157 Å². The molecule has 0 spiro atoms. The van der Waals surface area contributed by atoms with Gasteiger partial charge in [0, 0.05) is 12.1 Å². The fourth-order valence-corrected chi connectivity index (χ4v) is 4.82. The Labute approximate surface area is 235 Å². The predicted octanol–water partition coefficient (Wildman–Crippen LogP) is 3.77. The van der Waals surface area contributed by atoms with Gasteiger partial charge in [-0.1, -0.05) is 6.92 Å². The van der Waals surface area contributed by atoms with Gasteiger partial charge in [-0.05, 0) is 47.3 Å². The average molecular weight is 588 g/mol. The average Bonchev–Trinajstić information content (AvgIpc) is 3.78. The number of aryl methyl sites for hydroxylation is 2. The third-order valence-corrected chi connectivity index (χ3v) is 8.65. The van der Waals surface area contributed by atoms with Gasteiger partial charge in [0.25, 0.3) is 12.0 Å². The number of aliphatic imine (C=N–C) groups is 2. The molecule has 4 rings (SSSR count). The number of fused-ring (bicyclic) bond motifs is 1. The normalized spacial score (nSPS) is 15.4. The van der Waals surface area contributed by atoms with Gasteiger partial charge in [0.15, 0.2) is 27.1 Å². The number of nitrogens with one attached hydrogen (secondary N) is 1. The molecule has 3 aromatic rings. The van der Waals surface area contributed by atoms with Crippen LogP contribution in [0.5, 0.6) is 0 Å². The van der Waals surface area contributed by atoms with Crippen LogP contribution in [-0.2, 0) is 9.84 Å². The molecule has 1 saturated carbocycles. The van der Waals surface area contributed by atoms with Crippen molar-refractivity contribution in [2.45, 2.75) is 65.8 Å². The molecular formula is C26H31F2N9O3S. The highest BCUT2D eigenvalue weighted by Gasteiger charge is 2.31. The highest BCUT2D eigenvalue weighted by atomic mass is 32.2. The molecule has 1 fully saturated rings. The zero-order chi connectivity index (χ0) is 30.1. The van der Waals surface area contributed by atoms with Crippen LogP contribution in [0.2, 0.25) is 0 Å². The lowest BCUT2D eigenvalue weighted by Gasteiger charge is -2.19. The zero-order valence-electron chi connectivity index (χ0n) is 23.4. The highest BCUT2D eigenvalue weighted by molar-refractivity contribution is 7.95. The highest BCUT2D eigenvalue weighted by Crippen LogP contribution is 2.43. The van der Waals surface area contributed by atoms with Crippen LogP contribution in [0.4, 0.5) is 14.6 Å². The van der Waals surface area contributed by atoms with Crippen LogP contribution >= 0.6 is 0 Å². The maximum absolute atomic E-state index is 14.0. The Hall–Kier alpha value is -4.01. The second-order valence-electron chi connectivity index (χ2n) is 9.71. The van der Waals surface area contributed by atoms with E-state index >= 15 is 0 Å². The molecule has 0 aliphatic heterocycles. The summed E-state index contributed by atoms with van der Waals surface area (Å²) in [6.45, 7) is 10.8. The van der Waals surface area contributed by atoms with E-state index in [1.807, 2.05) is 0 Å². The van der Waals surface area contributed by atoms with Crippen molar-refractivity contribution < 1.29 is 17.2 Å². The Bertz CT molecular complexity index is 1730. The standard InChI is InChI=1S/C26H31F2N9O3S/c1-7-41(39,40)13(2)10-30-18(29-6)11-31-24-26(38)37(16(5)22(27)28)25-20(35-24)15(4)34-23(36-25)19-14(3)32-12-33-21(19)17-8-9-17/h10,12,16-17,22H,6-9,11H2,1-5H3,(H,31,35)/b13-10+,30-18-. The van der Waals surface area contributed by atoms with Gasteiger partial charge in [-0.2, -0.15) is 0 Å². The molecule has 1 aliphatic carbocycles. The van der Waals surface area contributed by atoms with Crippen LogP contribution in [0.1, 0.15) is 62.7 Å². The number of anilines is 1. The fourth-order valence-electron chi connectivity index (χ4n) is 4.15. The number of rotatable bonds is 10. The van der Waals surface area contributed by atoms with Crippen LogP contribution in [0.3, 0.4) is 0 Å². The summed E-state index contributed by atoms with van der Waals surface area (Å²) in [6, 6.07) is -1.54. The lowest BCUT2D eigenvalue weighted by atomic mass is 10.1. The Morgan fingerprint density at radius 1 is 1.22 bits per heavy atom. The summed E-state index contributed by atoms with van der Waals surface area (Å²) in [7, 11) is -3.45. The van der Waals surface area contributed by atoms with E-state index in [0.29, 0.717) is 17.0 Å². The smallest absolute Gasteiger partial charge is 0.295 e. The first-order valence-electron chi connectivity index (χ1n) is 13.0. The maximum atomic E-state index is 14.0. The van der Waals surface area contributed by atoms with Crippen LogP contribution in [-0.4, -0.2) is 69.2 Å². The summed E-state index contributed by atoms with van der Waals surface area (Å²) < 4.78 is 52.9. The fraction of sp³-hybridized carbons (Fsp3) is 0.462. The summed E-state index contributed by atoms with van der Waals surface area (Å²) in [5.41, 5.74) is 1.70. The molecule has 1 aliphatic rings. The van der Waals surface area contributed by atoms with E-state index in [0.717, 1.165) is 29.3 Å². The summed E-state index contributed by atoms with van der Waals surface area (Å²) >= 11 is 0. The zero-order valence-corrected chi connectivity index (χ0v) is 24.2. The van der Waals surface area contributed by atoms with Crippen molar-refractivity contribution in [3.05, 3.63) is 44.9 Å². The molecule has 41 heavy (non-hydrogen) atoms. The number of alkyl halides is 2. The van der Waals surface area contributed by atoms with E-state index in [1.165, 1.54) is 27.1 Å². The first-order valence-corrected chi connectivity index (χ1v) is 14.6. The Balaban J connectivity index is 1.82. The molecule has 15 heteroatoms. The summed E-state index contributed by atoms with van der Waals surface area (Å²) in [5, 5.41) is 2.77. The van der Waals surface area contributed by atoms with Crippen LogP contribution in [0.25, 0.3) is 22.6 Å². The third kappa shape index (κ3) is 6.19. The molecule has 0 radical (unpaired) electrons. The van der Waals surface area contributed by atoms with Gasteiger partial charge < -0.3 is 5.32 Å². The van der Waals surface area contributed by atoms with Crippen LogP contribution in [0, 0.1) is 13.8 Å².